The summed E-state index contributed by atoms with van der Waals surface area (Å²) in [5.41, 5.74) is 1.86. The van der Waals surface area contributed by atoms with Crippen molar-refractivity contribution in [2.24, 2.45) is 5.41 Å². The number of carbonyl (C=O) groups excluding carboxylic acids is 1. The van der Waals surface area contributed by atoms with Crippen LogP contribution in [-0.2, 0) is 0 Å². The molecule has 0 bridgehead atoms. The monoisotopic (exact) mass is 275 g/mol. The fourth-order valence-corrected chi connectivity index (χ4v) is 2.61. The van der Waals surface area contributed by atoms with Crippen molar-refractivity contribution < 1.29 is 4.79 Å². The molecular weight excluding hydrogens is 250 g/mol. The minimum atomic E-state index is 0.0219. The van der Waals surface area contributed by atoms with Gasteiger partial charge in [-0.2, -0.15) is 0 Å². The highest BCUT2D eigenvalue weighted by Crippen LogP contribution is 2.25. The van der Waals surface area contributed by atoms with Crippen molar-refractivity contribution in [2.75, 3.05) is 32.1 Å². The second kappa shape index (κ2) is 5.83. The Hall–Kier alpha value is -1.55. The molecule has 2 rings (SSSR count). The number of amides is 1. The number of piperidine rings is 1. The lowest BCUT2D eigenvalue weighted by molar-refractivity contribution is 0.0868. The van der Waals surface area contributed by atoms with Gasteiger partial charge in [-0.15, -0.1) is 0 Å². The predicted octanol–water partition coefficient (Wildman–Crippen LogP) is 1.87. The minimum absolute atomic E-state index is 0.0219. The summed E-state index contributed by atoms with van der Waals surface area (Å²) in [7, 11) is 3.96. The topological polar surface area (TPSA) is 44.4 Å². The van der Waals surface area contributed by atoms with E-state index in [0.717, 1.165) is 30.8 Å². The van der Waals surface area contributed by atoms with Gasteiger partial charge in [0.05, 0.1) is 0 Å². The summed E-state index contributed by atoms with van der Waals surface area (Å²) in [4.78, 5) is 14.4. The third-order valence-electron chi connectivity index (χ3n) is 4.06. The van der Waals surface area contributed by atoms with E-state index in [2.05, 4.69) is 24.5 Å². The minimum Gasteiger partial charge on any atom is -0.378 e. The Balaban J connectivity index is 2.10. The lowest BCUT2D eigenvalue weighted by atomic mass is 9.80. The van der Waals surface area contributed by atoms with Gasteiger partial charge in [-0.1, -0.05) is 19.9 Å². The first-order valence-corrected chi connectivity index (χ1v) is 7.19. The lowest BCUT2D eigenvalue weighted by Gasteiger charge is -2.39. The first kappa shape index (κ1) is 14.9. The molecule has 0 saturated carbocycles. The maximum Gasteiger partial charge on any atom is 0.251 e. The molecule has 1 aromatic rings. The second-order valence-electron chi connectivity index (χ2n) is 6.42. The van der Waals surface area contributed by atoms with Crippen molar-refractivity contribution in [3.8, 4) is 0 Å². The first-order chi connectivity index (χ1) is 9.40. The van der Waals surface area contributed by atoms with Crippen LogP contribution in [0.25, 0.3) is 0 Å². The highest BCUT2D eigenvalue weighted by Gasteiger charge is 2.33. The fourth-order valence-electron chi connectivity index (χ4n) is 2.61. The van der Waals surface area contributed by atoms with Gasteiger partial charge in [-0.05, 0) is 36.6 Å². The molecule has 1 saturated heterocycles. The highest BCUT2D eigenvalue weighted by molar-refractivity contribution is 5.95. The molecule has 1 atom stereocenters. The van der Waals surface area contributed by atoms with E-state index in [9.17, 15) is 4.79 Å². The molecule has 1 heterocycles. The molecule has 1 aliphatic rings. The quantitative estimate of drug-likeness (QED) is 0.885. The van der Waals surface area contributed by atoms with Crippen molar-refractivity contribution >= 4 is 11.6 Å². The molecule has 0 spiro atoms. The van der Waals surface area contributed by atoms with Crippen LogP contribution < -0.4 is 15.5 Å². The van der Waals surface area contributed by atoms with Gasteiger partial charge in [0, 0.05) is 37.9 Å². The molecule has 0 aliphatic carbocycles. The summed E-state index contributed by atoms with van der Waals surface area (Å²) >= 11 is 0. The average molecular weight is 275 g/mol. The summed E-state index contributed by atoms with van der Waals surface area (Å²) < 4.78 is 0. The van der Waals surface area contributed by atoms with E-state index in [1.165, 1.54) is 0 Å². The molecule has 110 valence electrons. The molecule has 4 nitrogen and oxygen atoms in total. The zero-order chi connectivity index (χ0) is 14.8. The molecular formula is C16H25N3O. The second-order valence-corrected chi connectivity index (χ2v) is 6.42. The summed E-state index contributed by atoms with van der Waals surface area (Å²) in [5.74, 6) is 0.0219. The van der Waals surface area contributed by atoms with Crippen LogP contribution in [0.15, 0.2) is 24.3 Å². The molecule has 1 unspecified atom stereocenters. The van der Waals surface area contributed by atoms with Crippen LogP contribution in [0, 0.1) is 5.41 Å². The predicted molar refractivity (Wildman–Crippen MR) is 83.3 cm³/mol. The third-order valence-corrected chi connectivity index (χ3v) is 4.06. The van der Waals surface area contributed by atoms with Crippen LogP contribution in [0.4, 0.5) is 5.69 Å². The fraction of sp³-hybridized carbons (Fsp3) is 0.562. The number of rotatable bonds is 3. The molecule has 1 amide bonds. The van der Waals surface area contributed by atoms with E-state index in [0.29, 0.717) is 0 Å². The van der Waals surface area contributed by atoms with Gasteiger partial charge in [-0.3, -0.25) is 4.79 Å². The number of hydrogen-bond donors (Lipinski definition) is 2. The zero-order valence-electron chi connectivity index (χ0n) is 12.9. The molecule has 0 aromatic heterocycles. The maximum atomic E-state index is 12.4. The Kier molecular flexibility index (Phi) is 4.33. The molecule has 0 radical (unpaired) electrons. The van der Waals surface area contributed by atoms with Gasteiger partial charge in [0.2, 0.25) is 0 Å². The number of carbonyl (C=O) groups is 1. The Bertz CT molecular complexity index is 482. The number of anilines is 1. The standard InChI is InChI=1S/C16H25N3O/c1-16(2)11-17-9-8-14(16)18-15(20)12-6-5-7-13(10-12)19(3)4/h5-7,10,14,17H,8-9,11H2,1-4H3,(H,18,20). The highest BCUT2D eigenvalue weighted by atomic mass is 16.1. The smallest absolute Gasteiger partial charge is 0.251 e. The average Bonchev–Trinajstić information content (AvgIpc) is 2.41. The van der Waals surface area contributed by atoms with E-state index in [4.69, 9.17) is 0 Å². The van der Waals surface area contributed by atoms with Crippen LogP contribution in [-0.4, -0.2) is 39.1 Å². The number of nitrogens with zero attached hydrogens (tertiary/aromatic N) is 1. The maximum absolute atomic E-state index is 12.4. The van der Waals surface area contributed by atoms with Gasteiger partial charge < -0.3 is 15.5 Å². The summed E-state index contributed by atoms with van der Waals surface area (Å²) in [6, 6.07) is 7.96. The molecule has 1 fully saturated rings. The van der Waals surface area contributed by atoms with Crippen molar-refractivity contribution in [1.82, 2.24) is 10.6 Å². The Morgan fingerprint density at radius 1 is 1.40 bits per heavy atom. The van der Waals surface area contributed by atoms with Gasteiger partial charge in [0.1, 0.15) is 0 Å². The van der Waals surface area contributed by atoms with E-state index in [1.54, 1.807) is 0 Å². The van der Waals surface area contributed by atoms with Crippen molar-refractivity contribution in [3.63, 3.8) is 0 Å². The van der Waals surface area contributed by atoms with Crippen LogP contribution in [0.3, 0.4) is 0 Å². The molecule has 20 heavy (non-hydrogen) atoms. The van der Waals surface area contributed by atoms with Crippen molar-refractivity contribution in [1.29, 1.82) is 0 Å². The van der Waals surface area contributed by atoms with Crippen LogP contribution in [0.2, 0.25) is 0 Å². The SMILES string of the molecule is CN(C)c1cccc(C(=O)NC2CCNCC2(C)C)c1. The Labute approximate surface area is 121 Å². The summed E-state index contributed by atoms with van der Waals surface area (Å²) in [5, 5.41) is 6.58. The summed E-state index contributed by atoms with van der Waals surface area (Å²) in [6.07, 6.45) is 0.978. The third kappa shape index (κ3) is 3.31. The van der Waals surface area contributed by atoms with E-state index in [1.807, 2.05) is 43.3 Å². The van der Waals surface area contributed by atoms with Crippen molar-refractivity contribution in [2.45, 2.75) is 26.3 Å². The van der Waals surface area contributed by atoms with Crippen molar-refractivity contribution in [3.05, 3.63) is 29.8 Å². The first-order valence-electron chi connectivity index (χ1n) is 7.19. The Morgan fingerprint density at radius 2 is 2.15 bits per heavy atom. The van der Waals surface area contributed by atoms with Crippen LogP contribution in [0.1, 0.15) is 30.6 Å². The molecule has 1 aliphatic heterocycles. The molecule has 1 aromatic carbocycles. The lowest BCUT2D eigenvalue weighted by Crippen LogP contribution is -2.54. The van der Waals surface area contributed by atoms with Gasteiger partial charge >= 0.3 is 0 Å². The van der Waals surface area contributed by atoms with Crippen LogP contribution >= 0.6 is 0 Å². The Morgan fingerprint density at radius 3 is 2.80 bits per heavy atom. The molecule has 2 N–H and O–H groups in total. The van der Waals surface area contributed by atoms with Gasteiger partial charge in [0.25, 0.3) is 5.91 Å². The summed E-state index contributed by atoms with van der Waals surface area (Å²) in [6.45, 7) is 6.29. The van der Waals surface area contributed by atoms with Gasteiger partial charge in [0.15, 0.2) is 0 Å². The molecule has 4 heteroatoms. The number of benzene rings is 1. The largest absolute Gasteiger partial charge is 0.378 e. The van der Waals surface area contributed by atoms with E-state index < -0.39 is 0 Å². The number of hydrogen-bond acceptors (Lipinski definition) is 3. The van der Waals surface area contributed by atoms with Crippen LogP contribution in [0.5, 0.6) is 0 Å². The van der Waals surface area contributed by atoms with E-state index >= 15 is 0 Å². The van der Waals surface area contributed by atoms with Gasteiger partial charge in [-0.25, -0.2) is 0 Å². The van der Waals surface area contributed by atoms with E-state index in [-0.39, 0.29) is 17.4 Å². The zero-order valence-corrected chi connectivity index (χ0v) is 12.9. The normalized spacial score (nSPS) is 21.3. The number of nitrogens with one attached hydrogen (secondary N) is 2.